The van der Waals surface area contributed by atoms with E-state index >= 15 is 0 Å². The summed E-state index contributed by atoms with van der Waals surface area (Å²) in [6, 6.07) is 38.8. The predicted octanol–water partition coefficient (Wildman–Crippen LogP) is 6.11. The van der Waals surface area contributed by atoms with Crippen LogP contribution < -0.4 is 4.84 Å². The fraction of sp³-hybridized carbons (Fsp3) is 0.250. The summed E-state index contributed by atoms with van der Waals surface area (Å²) < 4.78 is 19.5. The standard InChI is InChI=1S/C32H31NO4/c1-4-12-24(13-5-1)20-34-23-28-31(35-21-25-14-6-2-7-15-25)32(36-22-26-16-8-3-9-17-26)30-27-18-10-11-19-29(27)37-33(28)30/h1-19,28,30-32H,20-23H2/t28-,30+,31+,32+/m0/s1. The first-order valence-electron chi connectivity index (χ1n) is 12.8. The lowest BCUT2D eigenvalue weighted by Crippen LogP contribution is -2.42. The van der Waals surface area contributed by atoms with Crippen LogP contribution in [0, 0.1) is 0 Å². The highest BCUT2D eigenvalue weighted by Crippen LogP contribution is 2.48. The van der Waals surface area contributed by atoms with Gasteiger partial charge in [0, 0.05) is 5.56 Å². The number of benzene rings is 4. The second-order valence-electron chi connectivity index (χ2n) is 9.52. The molecule has 2 aliphatic heterocycles. The van der Waals surface area contributed by atoms with Crippen LogP contribution in [0.2, 0.25) is 0 Å². The smallest absolute Gasteiger partial charge is 0.152 e. The van der Waals surface area contributed by atoms with Crippen molar-refractivity contribution in [3.05, 3.63) is 138 Å². The normalized spacial score (nSPS) is 22.4. The molecule has 0 N–H and O–H groups in total. The van der Waals surface area contributed by atoms with Crippen LogP contribution in [0.3, 0.4) is 0 Å². The summed E-state index contributed by atoms with van der Waals surface area (Å²) >= 11 is 0. The second kappa shape index (κ2) is 11.3. The van der Waals surface area contributed by atoms with Gasteiger partial charge >= 0.3 is 0 Å². The van der Waals surface area contributed by atoms with E-state index < -0.39 is 0 Å². The molecule has 188 valence electrons. The lowest BCUT2D eigenvalue weighted by atomic mass is 10.00. The zero-order valence-corrected chi connectivity index (χ0v) is 20.7. The number of ether oxygens (including phenoxy) is 3. The quantitative estimate of drug-likeness (QED) is 0.267. The maximum Gasteiger partial charge on any atom is 0.152 e. The molecule has 2 heterocycles. The Morgan fingerprint density at radius 1 is 0.568 bits per heavy atom. The molecule has 4 aromatic carbocycles. The van der Waals surface area contributed by atoms with E-state index in [-0.39, 0.29) is 24.3 Å². The molecule has 5 heteroatoms. The minimum Gasteiger partial charge on any atom is -0.404 e. The van der Waals surface area contributed by atoms with E-state index in [9.17, 15) is 0 Å². The van der Waals surface area contributed by atoms with Crippen molar-refractivity contribution in [2.45, 2.75) is 44.1 Å². The van der Waals surface area contributed by atoms with Crippen molar-refractivity contribution in [1.82, 2.24) is 5.06 Å². The fourth-order valence-corrected chi connectivity index (χ4v) is 5.22. The molecule has 2 aliphatic rings. The lowest BCUT2D eigenvalue weighted by molar-refractivity contribution is -0.125. The Labute approximate surface area is 218 Å². The van der Waals surface area contributed by atoms with Gasteiger partial charge in [0.2, 0.25) is 0 Å². The number of hydrogen-bond acceptors (Lipinski definition) is 5. The summed E-state index contributed by atoms with van der Waals surface area (Å²) in [5, 5.41) is 2.04. The van der Waals surface area contributed by atoms with Gasteiger partial charge in [-0.15, -0.1) is 5.06 Å². The number of fused-ring (bicyclic) bond motifs is 3. The Morgan fingerprint density at radius 2 is 1.08 bits per heavy atom. The van der Waals surface area contributed by atoms with Gasteiger partial charge in [0.05, 0.1) is 32.5 Å². The second-order valence-corrected chi connectivity index (χ2v) is 9.52. The highest BCUT2D eigenvalue weighted by atomic mass is 16.7. The van der Waals surface area contributed by atoms with Crippen LogP contribution in [-0.4, -0.2) is 29.9 Å². The number of hydrogen-bond donors (Lipinski definition) is 0. The van der Waals surface area contributed by atoms with E-state index in [4.69, 9.17) is 19.0 Å². The molecule has 0 aromatic heterocycles. The molecule has 0 saturated carbocycles. The minimum atomic E-state index is -0.238. The molecule has 0 aliphatic carbocycles. The van der Waals surface area contributed by atoms with Gasteiger partial charge in [-0.2, -0.15) is 0 Å². The summed E-state index contributed by atoms with van der Waals surface area (Å²) in [6.45, 7) is 1.99. The van der Waals surface area contributed by atoms with Crippen molar-refractivity contribution in [3.8, 4) is 5.75 Å². The van der Waals surface area contributed by atoms with E-state index in [0.29, 0.717) is 26.4 Å². The van der Waals surface area contributed by atoms with Crippen LogP contribution in [0.15, 0.2) is 115 Å². The van der Waals surface area contributed by atoms with Gasteiger partial charge < -0.3 is 19.0 Å². The van der Waals surface area contributed by atoms with Gasteiger partial charge in [0.15, 0.2) is 5.75 Å². The van der Waals surface area contributed by atoms with E-state index in [1.165, 1.54) is 0 Å². The number of rotatable bonds is 10. The van der Waals surface area contributed by atoms with E-state index in [0.717, 1.165) is 28.0 Å². The van der Waals surface area contributed by atoms with E-state index in [1.54, 1.807) is 0 Å². The maximum atomic E-state index is 6.65. The molecular formula is C32H31NO4. The van der Waals surface area contributed by atoms with Crippen LogP contribution in [0.5, 0.6) is 5.75 Å². The third kappa shape index (κ3) is 5.31. The molecule has 0 unspecified atom stereocenters. The fourth-order valence-electron chi connectivity index (χ4n) is 5.22. The molecule has 4 aromatic rings. The van der Waals surface area contributed by atoms with Crippen molar-refractivity contribution in [2.24, 2.45) is 0 Å². The summed E-state index contributed by atoms with van der Waals surface area (Å²) in [6.07, 6.45) is -0.462. The van der Waals surface area contributed by atoms with Crippen LogP contribution >= 0.6 is 0 Å². The molecule has 4 atom stereocenters. The number of hydroxylamine groups is 2. The molecular weight excluding hydrogens is 462 g/mol. The zero-order chi connectivity index (χ0) is 24.9. The molecule has 0 spiro atoms. The summed E-state index contributed by atoms with van der Waals surface area (Å²) in [5.74, 6) is 0.871. The van der Waals surface area contributed by atoms with Crippen molar-refractivity contribution in [1.29, 1.82) is 0 Å². The first-order chi connectivity index (χ1) is 18.4. The average Bonchev–Trinajstić information content (AvgIpc) is 3.47. The van der Waals surface area contributed by atoms with Gasteiger partial charge in [-0.1, -0.05) is 109 Å². The molecule has 5 nitrogen and oxygen atoms in total. The van der Waals surface area contributed by atoms with Crippen molar-refractivity contribution >= 4 is 0 Å². The van der Waals surface area contributed by atoms with Crippen molar-refractivity contribution < 1.29 is 19.0 Å². The summed E-state index contributed by atoms with van der Waals surface area (Å²) in [4.78, 5) is 6.40. The molecule has 6 rings (SSSR count). The Bertz CT molecular complexity index is 1270. The maximum absolute atomic E-state index is 6.65. The van der Waals surface area contributed by atoms with Gasteiger partial charge in [0.25, 0.3) is 0 Å². The van der Waals surface area contributed by atoms with Gasteiger partial charge in [-0.3, -0.25) is 0 Å². The lowest BCUT2D eigenvalue weighted by Gasteiger charge is -2.27. The van der Waals surface area contributed by atoms with E-state index in [1.807, 2.05) is 71.8 Å². The van der Waals surface area contributed by atoms with Crippen molar-refractivity contribution in [2.75, 3.05) is 6.61 Å². The molecule has 37 heavy (non-hydrogen) atoms. The Balaban J connectivity index is 1.27. The Hall–Kier alpha value is -3.48. The average molecular weight is 494 g/mol. The third-order valence-electron chi connectivity index (χ3n) is 7.03. The molecule has 0 bridgehead atoms. The van der Waals surface area contributed by atoms with E-state index in [2.05, 4.69) is 48.5 Å². The Morgan fingerprint density at radius 3 is 1.70 bits per heavy atom. The molecule has 0 radical (unpaired) electrons. The van der Waals surface area contributed by atoms with Crippen LogP contribution in [0.1, 0.15) is 28.3 Å². The molecule has 0 amide bonds. The summed E-state index contributed by atoms with van der Waals surface area (Å²) in [5.41, 5.74) is 4.52. The molecule has 1 saturated heterocycles. The Kier molecular flexibility index (Phi) is 7.28. The first kappa shape index (κ1) is 23.9. The predicted molar refractivity (Wildman–Crippen MR) is 142 cm³/mol. The van der Waals surface area contributed by atoms with Gasteiger partial charge in [-0.05, 0) is 22.8 Å². The van der Waals surface area contributed by atoms with Crippen LogP contribution in [-0.2, 0) is 34.0 Å². The minimum absolute atomic E-state index is 0.0778. The molecule has 1 fully saturated rings. The largest absolute Gasteiger partial charge is 0.404 e. The number of nitrogens with zero attached hydrogens (tertiary/aromatic N) is 1. The zero-order valence-electron chi connectivity index (χ0n) is 20.7. The monoisotopic (exact) mass is 493 g/mol. The third-order valence-corrected chi connectivity index (χ3v) is 7.03. The first-order valence-corrected chi connectivity index (χ1v) is 12.8. The highest BCUT2D eigenvalue weighted by Gasteiger charge is 2.56. The van der Waals surface area contributed by atoms with Crippen molar-refractivity contribution in [3.63, 3.8) is 0 Å². The van der Waals surface area contributed by atoms with Gasteiger partial charge in [-0.25, -0.2) is 0 Å². The van der Waals surface area contributed by atoms with Crippen LogP contribution in [0.4, 0.5) is 0 Å². The number of para-hydroxylation sites is 1. The SMILES string of the molecule is c1ccc(COC[C@H]2[C@@H](OCc3ccccc3)[C@H](OCc3ccccc3)[C@H]3c4ccccc4ON32)cc1. The van der Waals surface area contributed by atoms with Gasteiger partial charge in [0.1, 0.15) is 18.2 Å². The summed E-state index contributed by atoms with van der Waals surface area (Å²) in [7, 11) is 0. The topological polar surface area (TPSA) is 40.2 Å². The van der Waals surface area contributed by atoms with Crippen LogP contribution in [0.25, 0.3) is 0 Å². The highest BCUT2D eigenvalue weighted by molar-refractivity contribution is 5.41.